The summed E-state index contributed by atoms with van der Waals surface area (Å²) in [6.07, 6.45) is 1.23. The molecule has 94 valence electrons. The molecule has 0 aliphatic carbocycles. The quantitative estimate of drug-likeness (QED) is 0.423. The minimum Gasteiger partial charge on any atom is -0.460 e. The lowest BCUT2D eigenvalue weighted by Crippen LogP contribution is -2.22. The van der Waals surface area contributed by atoms with E-state index in [0.29, 0.717) is 12.4 Å². The van der Waals surface area contributed by atoms with Gasteiger partial charge in [-0.3, -0.25) is 0 Å². The number of oxime groups is 1. The minimum atomic E-state index is -2.74. The summed E-state index contributed by atoms with van der Waals surface area (Å²) in [5.41, 5.74) is 0. The van der Waals surface area contributed by atoms with Gasteiger partial charge in [-0.2, -0.15) is 0 Å². The smallest absolute Gasteiger partial charge is 0.367 e. The summed E-state index contributed by atoms with van der Waals surface area (Å²) in [4.78, 5) is 10.5. The van der Waals surface area contributed by atoms with Gasteiger partial charge in [0.05, 0.1) is 5.25 Å². The number of carbonyl (C=O) groups excluding carboxylic acids is 1. The first-order valence-electron chi connectivity index (χ1n) is 4.50. The first-order chi connectivity index (χ1) is 7.29. The number of ether oxygens (including phenoxy) is 1. The summed E-state index contributed by atoms with van der Waals surface area (Å²) in [5, 5.41) is 10.7. The fraction of sp³-hybridized carbons (Fsp3) is 0.750. The molecule has 1 heterocycles. The van der Waals surface area contributed by atoms with Crippen molar-refractivity contribution < 1.29 is 23.2 Å². The van der Waals surface area contributed by atoms with Crippen molar-refractivity contribution in [2.45, 2.75) is 19.1 Å². The Labute approximate surface area is 99.0 Å². The Bertz CT molecular complexity index is 361. The van der Waals surface area contributed by atoms with Gasteiger partial charge in [-0.25, -0.2) is 13.2 Å². The summed E-state index contributed by atoms with van der Waals surface area (Å²) in [5.74, 6) is 0.138. The minimum absolute atomic E-state index is 0.0428. The molecule has 0 bridgehead atoms. The average molecular weight is 269 g/mol. The van der Waals surface area contributed by atoms with Gasteiger partial charge >= 0.3 is 5.97 Å². The molecule has 0 aromatic rings. The van der Waals surface area contributed by atoms with Gasteiger partial charge in [0.1, 0.15) is 16.4 Å². The SMILES string of the molecule is CC(C)S(C)(=O)=O.O=C1OCCS/C1=N\O. The highest BCUT2D eigenvalue weighted by atomic mass is 32.2. The fourth-order valence-corrected chi connectivity index (χ4v) is 1.06. The lowest BCUT2D eigenvalue weighted by Gasteiger charge is -2.09. The first-order valence-corrected chi connectivity index (χ1v) is 7.44. The van der Waals surface area contributed by atoms with Crippen LogP contribution >= 0.6 is 11.8 Å². The summed E-state index contributed by atoms with van der Waals surface area (Å²) in [6.45, 7) is 3.73. The van der Waals surface area contributed by atoms with Gasteiger partial charge in [0.25, 0.3) is 0 Å². The monoisotopic (exact) mass is 269 g/mol. The molecule has 1 fully saturated rings. The molecule has 1 aliphatic heterocycles. The molecule has 1 N–H and O–H groups in total. The molecule has 0 aromatic heterocycles. The zero-order chi connectivity index (χ0) is 12.8. The number of cyclic esters (lactones) is 1. The number of hydrogen-bond donors (Lipinski definition) is 1. The van der Waals surface area contributed by atoms with E-state index < -0.39 is 15.8 Å². The Balaban J connectivity index is 0.000000293. The highest BCUT2D eigenvalue weighted by molar-refractivity contribution is 8.15. The summed E-state index contributed by atoms with van der Waals surface area (Å²) in [6, 6.07) is 0. The number of rotatable bonds is 1. The third-order valence-corrected chi connectivity index (χ3v) is 4.28. The van der Waals surface area contributed by atoms with E-state index in [4.69, 9.17) is 5.21 Å². The Morgan fingerprint density at radius 2 is 2.00 bits per heavy atom. The predicted octanol–water partition coefficient (Wildman–Crippen LogP) is 0.503. The van der Waals surface area contributed by atoms with E-state index in [1.54, 1.807) is 13.8 Å². The maximum atomic E-state index is 10.5. The number of sulfone groups is 1. The van der Waals surface area contributed by atoms with Crippen molar-refractivity contribution in [3.8, 4) is 0 Å². The molecule has 1 rings (SSSR count). The predicted molar refractivity (Wildman–Crippen MR) is 62.6 cm³/mol. The van der Waals surface area contributed by atoms with Gasteiger partial charge in [0.15, 0.2) is 0 Å². The Morgan fingerprint density at radius 3 is 2.25 bits per heavy atom. The van der Waals surface area contributed by atoms with Crippen LogP contribution in [0.4, 0.5) is 0 Å². The van der Waals surface area contributed by atoms with Crippen LogP contribution in [0.25, 0.3) is 0 Å². The van der Waals surface area contributed by atoms with E-state index in [9.17, 15) is 13.2 Å². The molecule has 8 heteroatoms. The molecule has 16 heavy (non-hydrogen) atoms. The molecular weight excluding hydrogens is 254 g/mol. The van der Waals surface area contributed by atoms with Gasteiger partial charge in [0.2, 0.25) is 5.04 Å². The second-order valence-corrected chi connectivity index (χ2v) is 6.95. The van der Waals surface area contributed by atoms with Crippen LogP contribution in [-0.2, 0) is 19.4 Å². The fourth-order valence-electron chi connectivity index (χ4n) is 0.463. The second-order valence-electron chi connectivity index (χ2n) is 3.27. The second kappa shape index (κ2) is 6.74. The van der Waals surface area contributed by atoms with E-state index in [1.807, 2.05) is 0 Å². The molecule has 0 atom stereocenters. The maximum absolute atomic E-state index is 10.5. The van der Waals surface area contributed by atoms with Crippen LogP contribution < -0.4 is 0 Å². The van der Waals surface area contributed by atoms with Crippen LogP contribution in [-0.4, -0.2) is 48.5 Å². The van der Waals surface area contributed by atoms with Crippen molar-refractivity contribution in [2.75, 3.05) is 18.6 Å². The van der Waals surface area contributed by atoms with E-state index in [-0.39, 0.29) is 10.3 Å². The summed E-state index contributed by atoms with van der Waals surface area (Å²) < 4.78 is 25.2. The normalized spacial score (nSPS) is 19.0. The van der Waals surface area contributed by atoms with Gasteiger partial charge in [-0.1, -0.05) is 16.9 Å². The molecule has 1 saturated heterocycles. The van der Waals surface area contributed by atoms with Gasteiger partial charge < -0.3 is 9.94 Å². The van der Waals surface area contributed by atoms with Crippen LogP contribution in [0.2, 0.25) is 0 Å². The highest BCUT2D eigenvalue weighted by Crippen LogP contribution is 2.10. The van der Waals surface area contributed by atoms with Gasteiger partial charge in [-0.05, 0) is 13.8 Å². The number of hydrogen-bond acceptors (Lipinski definition) is 7. The van der Waals surface area contributed by atoms with E-state index in [2.05, 4.69) is 9.89 Å². The van der Waals surface area contributed by atoms with Crippen molar-refractivity contribution in [1.82, 2.24) is 0 Å². The van der Waals surface area contributed by atoms with Crippen molar-refractivity contribution in [2.24, 2.45) is 5.16 Å². The molecular formula is C8H15NO5S2. The highest BCUT2D eigenvalue weighted by Gasteiger charge is 2.18. The number of carbonyl (C=O) groups is 1. The third kappa shape index (κ3) is 5.96. The topological polar surface area (TPSA) is 93.0 Å². The Kier molecular flexibility index (Phi) is 6.42. The van der Waals surface area contributed by atoms with Crippen LogP contribution in [0.5, 0.6) is 0 Å². The van der Waals surface area contributed by atoms with Crippen molar-refractivity contribution in [3.63, 3.8) is 0 Å². The molecule has 1 aliphatic rings. The number of esters is 1. The lowest BCUT2D eigenvalue weighted by molar-refractivity contribution is -0.135. The van der Waals surface area contributed by atoms with Crippen molar-refractivity contribution in [3.05, 3.63) is 0 Å². The Hall–Kier alpha value is -0.760. The van der Waals surface area contributed by atoms with E-state index >= 15 is 0 Å². The first kappa shape index (κ1) is 15.2. The summed E-state index contributed by atoms with van der Waals surface area (Å²) in [7, 11) is -2.74. The standard InChI is InChI=1S/C4H5NO3S.C4H10O2S/c6-4-3(5-7)9-2-1-8-4;1-4(2)7(3,5)6/h7H,1-2H2;4H,1-3H3/b5-3-;. The average Bonchev–Trinajstić information content (AvgIpc) is 2.18. The zero-order valence-corrected chi connectivity index (χ0v) is 11.0. The van der Waals surface area contributed by atoms with Crippen LogP contribution in [0.15, 0.2) is 5.16 Å². The molecule has 0 aromatic carbocycles. The maximum Gasteiger partial charge on any atom is 0.367 e. The van der Waals surface area contributed by atoms with Crippen molar-refractivity contribution in [1.29, 1.82) is 0 Å². The molecule has 0 amide bonds. The largest absolute Gasteiger partial charge is 0.460 e. The van der Waals surface area contributed by atoms with Crippen molar-refractivity contribution >= 4 is 32.6 Å². The third-order valence-electron chi connectivity index (χ3n) is 1.68. The molecule has 0 saturated carbocycles. The number of thioether (sulfide) groups is 1. The van der Waals surface area contributed by atoms with Gasteiger partial charge in [0, 0.05) is 12.0 Å². The van der Waals surface area contributed by atoms with Crippen LogP contribution in [0, 0.1) is 0 Å². The van der Waals surface area contributed by atoms with Crippen LogP contribution in [0.1, 0.15) is 13.8 Å². The zero-order valence-electron chi connectivity index (χ0n) is 9.34. The Morgan fingerprint density at radius 1 is 1.50 bits per heavy atom. The molecule has 0 radical (unpaired) electrons. The van der Waals surface area contributed by atoms with E-state index in [0.717, 1.165) is 0 Å². The molecule has 0 spiro atoms. The molecule has 0 unspecified atom stereocenters. The molecule has 6 nitrogen and oxygen atoms in total. The van der Waals surface area contributed by atoms with Crippen LogP contribution in [0.3, 0.4) is 0 Å². The van der Waals surface area contributed by atoms with Gasteiger partial charge in [-0.15, -0.1) is 0 Å². The van der Waals surface area contributed by atoms with E-state index in [1.165, 1.54) is 18.0 Å². The summed E-state index contributed by atoms with van der Waals surface area (Å²) >= 11 is 1.20. The lowest BCUT2D eigenvalue weighted by atomic mass is 10.6. The number of nitrogens with zero attached hydrogens (tertiary/aromatic N) is 1.